The average Bonchev–Trinajstić information content (AvgIpc) is 2.85. The highest BCUT2D eigenvalue weighted by Gasteiger charge is 2.34. The van der Waals surface area contributed by atoms with Crippen molar-refractivity contribution < 1.29 is 14.2 Å². The van der Waals surface area contributed by atoms with Gasteiger partial charge in [0.05, 0.1) is 20.3 Å². The van der Waals surface area contributed by atoms with Gasteiger partial charge in [0.2, 0.25) is 0 Å². The van der Waals surface area contributed by atoms with Crippen molar-refractivity contribution in [1.82, 2.24) is 10.6 Å². The van der Waals surface area contributed by atoms with Crippen LogP contribution in [0.1, 0.15) is 30.9 Å². The van der Waals surface area contributed by atoms with E-state index in [0.29, 0.717) is 19.1 Å². The number of benzene rings is 2. The molecule has 0 spiro atoms. The van der Waals surface area contributed by atoms with Gasteiger partial charge in [0, 0.05) is 38.8 Å². The summed E-state index contributed by atoms with van der Waals surface area (Å²) < 4.78 is 16.9. The summed E-state index contributed by atoms with van der Waals surface area (Å²) in [7, 11) is 3.51. The molecular weight excluding hydrogens is 529 g/mol. The van der Waals surface area contributed by atoms with Gasteiger partial charge < -0.3 is 24.8 Å². The zero-order valence-electron chi connectivity index (χ0n) is 20.0. The van der Waals surface area contributed by atoms with Crippen LogP contribution in [0.5, 0.6) is 5.75 Å². The lowest BCUT2D eigenvalue weighted by Gasteiger charge is -2.38. The van der Waals surface area contributed by atoms with Crippen LogP contribution < -0.4 is 15.4 Å². The minimum atomic E-state index is 0. The van der Waals surface area contributed by atoms with Gasteiger partial charge in [-0.3, -0.25) is 4.99 Å². The Balaban J connectivity index is 0.00000385. The second-order valence-corrected chi connectivity index (χ2v) is 8.53. The van der Waals surface area contributed by atoms with E-state index in [0.717, 1.165) is 50.9 Å². The Hall–Kier alpha value is -1.84. The van der Waals surface area contributed by atoms with E-state index in [-0.39, 0.29) is 29.4 Å². The minimum absolute atomic E-state index is 0. The Morgan fingerprint density at radius 2 is 1.76 bits per heavy atom. The summed E-state index contributed by atoms with van der Waals surface area (Å²) in [6, 6.07) is 18.7. The normalized spacial score (nSPS) is 16.4. The Bertz CT molecular complexity index is 824. The van der Waals surface area contributed by atoms with E-state index < -0.39 is 0 Å². The van der Waals surface area contributed by atoms with Gasteiger partial charge in [0.1, 0.15) is 5.75 Å². The lowest BCUT2D eigenvalue weighted by molar-refractivity contribution is 0.0513. The molecule has 1 heterocycles. The van der Waals surface area contributed by atoms with E-state index in [1.165, 1.54) is 11.1 Å². The maximum atomic E-state index is 5.87. The van der Waals surface area contributed by atoms with Gasteiger partial charge in [0.15, 0.2) is 5.96 Å². The lowest BCUT2D eigenvalue weighted by atomic mass is 9.74. The third kappa shape index (κ3) is 8.46. The van der Waals surface area contributed by atoms with Gasteiger partial charge in [-0.25, -0.2) is 0 Å². The second-order valence-electron chi connectivity index (χ2n) is 8.53. The summed E-state index contributed by atoms with van der Waals surface area (Å²) in [6.07, 6.45) is 1.96. The molecule has 1 aliphatic rings. The number of methoxy groups -OCH3 is 1. The lowest BCUT2D eigenvalue weighted by Crippen LogP contribution is -2.48. The summed E-state index contributed by atoms with van der Waals surface area (Å²) in [4.78, 5) is 4.43. The molecule has 33 heavy (non-hydrogen) atoms. The Morgan fingerprint density at radius 3 is 2.39 bits per heavy atom. The summed E-state index contributed by atoms with van der Waals surface area (Å²) in [5.41, 5.74) is 2.53. The molecular formula is C26H38IN3O3. The molecule has 2 aromatic carbocycles. The minimum Gasteiger partial charge on any atom is -0.497 e. The number of ether oxygens (including phenoxy) is 3. The van der Waals surface area contributed by atoms with E-state index in [1.807, 2.05) is 37.4 Å². The Morgan fingerprint density at radius 1 is 1.06 bits per heavy atom. The zero-order valence-corrected chi connectivity index (χ0v) is 22.3. The molecule has 0 amide bonds. The third-order valence-corrected chi connectivity index (χ3v) is 6.10. The largest absolute Gasteiger partial charge is 0.497 e. The van der Waals surface area contributed by atoms with Crippen molar-refractivity contribution in [3.63, 3.8) is 0 Å². The molecule has 1 aliphatic heterocycles. The fourth-order valence-corrected chi connectivity index (χ4v) is 4.03. The van der Waals surface area contributed by atoms with Crippen LogP contribution >= 0.6 is 24.0 Å². The van der Waals surface area contributed by atoms with Gasteiger partial charge in [-0.1, -0.05) is 49.4 Å². The highest BCUT2D eigenvalue weighted by molar-refractivity contribution is 14.0. The van der Waals surface area contributed by atoms with Gasteiger partial charge in [0.25, 0.3) is 0 Å². The summed E-state index contributed by atoms with van der Waals surface area (Å²) in [5, 5.41) is 7.01. The van der Waals surface area contributed by atoms with Crippen molar-refractivity contribution in [3.8, 4) is 5.75 Å². The SMILES string of the molecule is CN=C(NCC(C)COCc1ccccc1)NCC1(c2ccc(OC)cc2)CCOCC1.I. The van der Waals surface area contributed by atoms with E-state index in [4.69, 9.17) is 14.2 Å². The summed E-state index contributed by atoms with van der Waals surface area (Å²) >= 11 is 0. The number of rotatable bonds is 10. The Kier molecular flexibility index (Phi) is 12.0. The van der Waals surface area contributed by atoms with Crippen LogP contribution in [-0.2, 0) is 21.5 Å². The number of guanidine groups is 1. The standard InChI is InChI=1S/C26H37N3O3.HI/c1-21(18-32-19-22-7-5-4-6-8-22)17-28-25(27-2)29-20-26(13-15-31-16-14-26)23-9-11-24(30-3)12-10-23;/h4-12,21H,13-20H2,1-3H3,(H2,27,28,29);1H. The number of hydrogen-bond acceptors (Lipinski definition) is 4. The van der Waals surface area contributed by atoms with Crippen LogP contribution in [0, 0.1) is 5.92 Å². The Labute approximate surface area is 215 Å². The van der Waals surface area contributed by atoms with Crippen LogP contribution in [0.3, 0.4) is 0 Å². The first-order valence-electron chi connectivity index (χ1n) is 11.4. The fraction of sp³-hybridized carbons (Fsp3) is 0.500. The smallest absolute Gasteiger partial charge is 0.191 e. The quantitative estimate of drug-likeness (QED) is 0.254. The van der Waals surface area contributed by atoms with Gasteiger partial charge in [-0.05, 0) is 42.0 Å². The molecule has 2 N–H and O–H groups in total. The summed E-state index contributed by atoms with van der Waals surface area (Å²) in [6.45, 7) is 6.68. The van der Waals surface area contributed by atoms with Crippen molar-refractivity contribution in [2.75, 3.05) is 47.1 Å². The van der Waals surface area contributed by atoms with E-state index >= 15 is 0 Å². The van der Waals surface area contributed by atoms with Crippen LogP contribution in [0.4, 0.5) is 0 Å². The molecule has 7 heteroatoms. The number of nitrogens with one attached hydrogen (secondary N) is 2. The topological polar surface area (TPSA) is 64.1 Å². The predicted molar refractivity (Wildman–Crippen MR) is 145 cm³/mol. The maximum Gasteiger partial charge on any atom is 0.191 e. The molecule has 3 rings (SSSR count). The average molecular weight is 568 g/mol. The van der Waals surface area contributed by atoms with E-state index in [9.17, 15) is 0 Å². The summed E-state index contributed by atoms with van der Waals surface area (Å²) in [5.74, 6) is 2.07. The van der Waals surface area contributed by atoms with Gasteiger partial charge in [-0.15, -0.1) is 24.0 Å². The highest BCUT2D eigenvalue weighted by Crippen LogP contribution is 2.35. The molecule has 0 aromatic heterocycles. The van der Waals surface area contributed by atoms with Crippen molar-refractivity contribution in [2.45, 2.75) is 31.8 Å². The molecule has 2 aromatic rings. The van der Waals surface area contributed by atoms with Crippen molar-refractivity contribution in [1.29, 1.82) is 0 Å². The molecule has 1 fully saturated rings. The molecule has 0 aliphatic carbocycles. The van der Waals surface area contributed by atoms with Gasteiger partial charge >= 0.3 is 0 Å². The van der Waals surface area contributed by atoms with Crippen LogP contribution in [0.2, 0.25) is 0 Å². The molecule has 1 saturated heterocycles. The first-order chi connectivity index (χ1) is 15.6. The maximum absolute atomic E-state index is 5.87. The molecule has 0 saturated carbocycles. The van der Waals surface area contributed by atoms with E-state index in [1.54, 1.807) is 7.11 Å². The van der Waals surface area contributed by atoms with Crippen LogP contribution in [0.15, 0.2) is 59.6 Å². The predicted octanol–water partition coefficient (Wildman–Crippen LogP) is 4.38. The molecule has 0 bridgehead atoms. The monoisotopic (exact) mass is 567 g/mol. The van der Waals surface area contributed by atoms with Gasteiger partial charge in [-0.2, -0.15) is 0 Å². The first kappa shape index (κ1) is 27.4. The number of aliphatic imine (C=N–C) groups is 1. The molecule has 182 valence electrons. The molecule has 1 atom stereocenters. The van der Waals surface area contributed by atoms with Crippen molar-refractivity contribution in [3.05, 3.63) is 65.7 Å². The van der Waals surface area contributed by atoms with Crippen LogP contribution in [-0.4, -0.2) is 53.0 Å². The van der Waals surface area contributed by atoms with Crippen LogP contribution in [0.25, 0.3) is 0 Å². The molecule has 1 unspecified atom stereocenters. The van der Waals surface area contributed by atoms with E-state index in [2.05, 4.69) is 46.8 Å². The fourth-order valence-electron chi connectivity index (χ4n) is 4.03. The number of halogens is 1. The third-order valence-electron chi connectivity index (χ3n) is 6.10. The molecule has 0 radical (unpaired) electrons. The second kappa shape index (κ2) is 14.4. The zero-order chi connectivity index (χ0) is 22.7. The van der Waals surface area contributed by atoms with Crippen molar-refractivity contribution >= 4 is 29.9 Å². The van der Waals surface area contributed by atoms with Crippen molar-refractivity contribution in [2.24, 2.45) is 10.9 Å². The number of nitrogens with zero attached hydrogens (tertiary/aromatic N) is 1. The number of hydrogen-bond donors (Lipinski definition) is 2. The molecule has 6 nitrogen and oxygen atoms in total. The highest BCUT2D eigenvalue weighted by atomic mass is 127. The first-order valence-corrected chi connectivity index (χ1v) is 11.4.